The lowest BCUT2D eigenvalue weighted by Gasteiger charge is -2.30. The molecule has 14 heteroatoms. The number of aryl methyl sites for hydroxylation is 1. The zero-order chi connectivity index (χ0) is 41.7. The van der Waals surface area contributed by atoms with Crippen molar-refractivity contribution in [3.05, 3.63) is 71.8 Å². The molecule has 0 aromatic heterocycles. The van der Waals surface area contributed by atoms with Crippen molar-refractivity contribution in [3.8, 4) is 0 Å². The summed E-state index contributed by atoms with van der Waals surface area (Å²) in [6.07, 6.45) is 5.20. The Balaban J connectivity index is 1.62. The predicted octanol–water partition coefficient (Wildman–Crippen LogP) is 2.13. The summed E-state index contributed by atoms with van der Waals surface area (Å²) in [7, 11) is 0. The molecule has 1 aliphatic heterocycles. The highest BCUT2D eigenvalue weighted by atomic mass is 16.2. The molecule has 6 atom stereocenters. The molecule has 6 amide bonds. The van der Waals surface area contributed by atoms with Crippen LogP contribution in [-0.4, -0.2) is 84.8 Å². The molecule has 3 rings (SSSR count). The van der Waals surface area contributed by atoms with E-state index in [-0.39, 0.29) is 36.0 Å². The van der Waals surface area contributed by atoms with Crippen molar-refractivity contribution in [3.63, 3.8) is 0 Å². The normalized spacial score (nSPS) is 17.5. The molecule has 2 aromatic carbocycles. The van der Waals surface area contributed by atoms with Crippen LogP contribution >= 0.6 is 0 Å². The van der Waals surface area contributed by atoms with E-state index < -0.39 is 54.0 Å². The highest BCUT2D eigenvalue weighted by molar-refractivity contribution is 5.97. The Labute approximate surface area is 338 Å². The molecule has 14 nitrogen and oxygen atoms in total. The zero-order valence-electron chi connectivity index (χ0n) is 34.2. The van der Waals surface area contributed by atoms with Crippen molar-refractivity contribution in [1.29, 1.82) is 0 Å². The number of amides is 6. The third-order valence-corrected chi connectivity index (χ3v) is 9.95. The Morgan fingerprint density at radius 1 is 0.649 bits per heavy atom. The van der Waals surface area contributed by atoms with Gasteiger partial charge in [-0.1, -0.05) is 88.4 Å². The molecule has 2 aromatic rings. The van der Waals surface area contributed by atoms with Crippen LogP contribution in [0.25, 0.3) is 0 Å². The first-order valence-corrected chi connectivity index (χ1v) is 20.6. The van der Waals surface area contributed by atoms with E-state index in [2.05, 4.69) is 31.9 Å². The molecule has 314 valence electrons. The lowest BCUT2D eigenvalue weighted by atomic mass is 9.98. The standard InChI is InChI=1S/C43H66N8O6/c1-28(2)25-35-42(56)48-34(40(54)50-35)20-12-14-24-46-39(53)33(19-11-13-23-44)47-41(55)36(26-29(3)4)51-43(57)37(27-31-17-9-6-10-18-31)49-38(52)32(45)22-21-30-15-7-5-8-16-30/h5-10,15-18,28-29,32-37H,11-14,19-27,44-45H2,1-4H3,(H,46,53)(H,47,55)(H,48,56)(H,49,52)(H,50,54)(H,51,57)/t32-,33-,34-,35+,36-,37-/m1/s1. The van der Waals surface area contributed by atoms with Gasteiger partial charge in [0, 0.05) is 13.0 Å². The smallest absolute Gasteiger partial charge is 0.243 e. The highest BCUT2D eigenvalue weighted by Crippen LogP contribution is 2.13. The minimum Gasteiger partial charge on any atom is -0.354 e. The molecular formula is C43H66N8O6. The number of piperazine rings is 1. The van der Waals surface area contributed by atoms with Gasteiger partial charge in [-0.3, -0.25) is 28.8 Å². The number of unbranched alkanes of at least 4 members (excludes halogenated alkanes) is 2. The first kappa shape index (κ1) is 46.6. The first-order chi connectivity index (χ1) is 27.3. The van der Waals surface area contributed by atoms with Crippen molar-refractivity contribution in [2.24, 2.45) is 23.3 Å². The quantitative estimate of drug-likeness (QED) is 0.0694. The average molecular weight is 791 g/mol. The van der Waals surface area contributed by atoms with E-state index in [9.17, 15) is 28.8 Å². The molecule has 1 heterocycles. The van der Waals surface area contributed by atoms with Crippen LogP contribution in [0.4, 0.5) is 0 Å². The summed E-state index contributed by atoms with van der Waals surface area (Å²) in [5, 5.41) is 17.1. The molecule has 1 aliphatic rings. The van der Waals surface area contributed by atoms with E-state index >= 15 is 0 Å². The Hall–Kier alpha value is -4.82. The predicted molar refractivity (Wildman–Crippen MR) is 221 cm³/mol. The Morgan fingerprint density at radius 3 is 1.86 bits per heavy atom. The number of carbonyl (C=O) groups excluding carboxylic acids is 6. The summed E-state index contributed by atoms with van der Waals surface area (Å²) in [5.41, 5.74) is 13.9. The number of hydrogen-bond donors (Lipinski definition) is 8. The van der Waals surface area contributed by atoms with Crippen LogP contribution in [0.5, 0.6) is 0 Å². The molecule has 0 unspecified atom stereocenters. The fourth-order valence-corrected chi connectivity index (χ4v) is 6.77. The molecular weight excluding hydrogens is 725 g/mol. The molecule has 0 aliphatic carbocycles. The van der Waals surface area contributed by atoms with E-state index in [1.807, 2.05) is 88.4 Å². The number of benzene rings is 2. The third-order valence-electron chi connectivity index (χ3n) is 9.95. The van der Waals surface area contributed by atoms with Crippen LogP contribution in [0.15, 0.2) is 60.7 Å². The lowest BCUT2D eigenvalue weighted by molar-refractivity contribution is -0.137. The Morgan fingerprint density at radius 2 is 1.23 bits per heavy atom. The van der Waals surface area contributed by atoms with Gasteiger partial charge in [0.05, 0.1) is 6.04 Å². The fourth-order valence-electron chi connectivity index (χ4n) is 6.77. The van der Waals surface area contributed by atoms with Gasteiger partial charge in [-0.25, -0.2) is 0 Å². The first-order valence-electron chi connectivity index (χ1n) is 20.6. The number of nitrogens with two attached hydrogens (primary N) is 2. The minimum atomic E-state index is -1.01. The van der Waals surface area contributed by atoms with E-state index in [0.29, 0.717) is 77.3 Å². The van der Waals surface area contributed by atoms with E-state index in [4.69, 9.17) is 11.5 Å². The molecule has 0 bridgehead atoms. The molecule has 57 heavy (non-hydrogen) atoms. The fraction of sp³-hybridized carbons (Fsp3) is 0.581. The Bertz CT molecular complexity index is 1570. The van der Waals surface area contributed by atoms with Crippen LogP contribution in [0.1, 0.15) is 96.6 Å². The van der Waals surface area contributed by atoms with E-state index in [1.165, 1.54) is 0 Å². The van der Waals surface area contributed by atoms with Crippen LogP contribution in [-0.2, 0) is 41.6 Å². The summed E-state index contributed by atoms with van der Waals surface area (Å²) < 4.78 is 0. The second-order valence-corrected chi connectivity index (χ2v) is 16.0. The zero-order valence-corrected chi connectivity index (χ0v) is 34.2. The van der Waals surface area contributed by atoms with Crippen LogP contribution in [0.2, 0.25) is 0 Å². The van der Waals surface area contributed by atoms with Gasteiger partial charge in [-0.2, -0.15) is 0 Å². The minimum absolute atomic E-state index is 0.0104. The second kappa shape index (κ2) is 24.7. The molecule has 0 spiro atoms. The molecule has 1 saturated heterocycles. The summed E-state index contributed by atoms with van der Waals surface area (Å²) in [4.78, 5) is 79.6. The van der Waals surface area contributed by atoms with Crippen molar-refractivity contribution in [2.45, 2.75) is 135 Å². The van der Waals surface area contributed by atoms with Gasteiger partial charge < -0.3 is 43.4 Å². The van der Waals surface area contributed by atoms with Crippen LogP contribution in [0.3, 0.4) is 0 Å². The second-order valence-electron chi connectivity index (χ2n) is 16.0. The van der Waals surface area contributed by atoms with Crippen LogP contribution in [0, 0.1) is 11.8 Å². The molecule has 0 radical (unpaired) electrons. The molecule has 1 fully saturated rings. The molecule has 0 saturated carbocycles. The van der Waals surface area contributed by atoms with Gasteiger partial charge in [0.15, 0.2) is 0 Å². The topological polar surface area (TPSA) is 227 Å². The van der Waals surface area contributed by atoms with Gasteiger partial charge >= 0.3 is 0 Å². The van der Waals surface area contributed by atoms with Crippen molar-refractivity contribution >= 4 is 35.4 Å². The maximum absolute atomic E-state index is 13.9. The van der Waals surface area contributed by atoms with Gasteiger partial charge in [0.1, 0.15) is 30.2 Å². The van der Waals surface area contributed by atoms with Crippen molar-refractivity contribution in [1.82, 2.24) is 31.9 Å². The summed E-state index contributed by atoms with van der Waals surface area (Å²) >= 11 is 0. The highest BCUT2D eigenvalue weighted by Gasteiger charge is 2.34. The number of rotatable bonds is 25. The van der Waals surface area contributed by atoms with Crippen LogP contribution < -0.4 is 43.4 Å². The van der Waals surface area contributed by atoms with Gasteiger partial charge in [0.25, 0.3) is 0 Å². The largest absolute Gasteiger partial charge is 0.354 e. The maximum atomic E-state index is 13.9. The van der Waals surface area contributed by atoms with Gasteiger partial charge in [0.2, 0.25) is 35.4 Å². The summed E-state index contributed by atoms with van der Waals surface area (Å²) in [5.74, 6) is -1.99. The summed E-state index contributed by atoms with van der Waals surface area (Å²) in [6.45, 7) is 8.59. The third kappa shape index (κ3) is 17.1. The number of hydrogen-bond acceptors (Lipinski definition) is 8. The number of nitrogens with one attached hydrogen (secondary N) is 6. The average Bonchev–Trinajstić information content (AvgIpc) is 3.17. The van der Waals surface area contributed by atoms with Crippen molar-refractivity contribution < 1.29 is 28.8 Å². The number of carbonyl (C=O) groups is 6. The van der Waals surface area contributed by atoms with E-state index in [0.717, 1.165) is 11.1 Å². The van der Waals surface area contributed by atoms with Gasteiger partial charge in [-0.15, -0.1) is 0 Å². The monoisotopic (exact) mass is 791 g/mol. The Kier molecular flexibility index (Phi) is 20.2. The maximum Gasteiger partial charge on any atom is 0.243 e. The van der Waals surface area contributed by atoms with E-state index in [1.54, 1.807) is 0 Å². The van der Waals surface area contributed by atoms with Gasteiger partial charge in [-0.05, 0) is 93.7 Å². The lowest BCUT2D eigenvalue weighted by Crippen LogP contribution is -2.61. The SMILES string of the molecule is CC(C)C[C@@H]1NC(=O)[C@@H](CCCCNC(=O)[C@@H](CCCCN)NC(=O)[C@@H](CC(C)C)NC(=O)[C@@H](Cc2ccccc2)NC(=O)[C@H](N)CCc2ccccc2)NC1=O. The van der Waals surface area contributed by atoms with Crippen molar-refractivity contribution in [2.75, 3.05) is 13.1 Å². The summed E-state index contributed by atoms with van der Waals surface area (Å²) in [6, 6.07) is 14.1. The molecule has 10 N–H and O–H groups in total.